The molecule has 6 nitrogen and oxygen atoms in total. The lowest BCUT2D eigenvalue weighted by Gasteiger charge is -2.28. The molecular weight excluding hydrogens is 617 g/mol. The number of aromatic carboxylic acids is 1. The number of hydrogen-bond acceptors (Lipinski definition) is 4. The van der Waals surface area contributed by atoms with Crippen molar-refractivity contribution in [2.24, 2.45) is 0 Å². The molecule has 2 amide bonds. The number of nitrogen functional groups attached to an aromatic ring is 1. The number of anilines is 2. The molecule has 112 valence electrons. The molecule has 1 aliphatic rings. The van der Waals surface area contributed by atoms with Crippen LogP contribution in [0.3, 0.4) is 0 Å². The van der Waals surface area contributed by atoms with Crippen molar-refractivity contribution in [2.45, 2.75) is 19.3 Å². The number of carbonyl (C=O) groups excluding carboxylic acids is 2. The summed E-state index contributed by atoms with van der Waals surface area (Å²) in [5, 5.41) is 9.36. The second kappa shape index (κ2) is 6.52. The zero-order valence-corrected chi connectivity index (χ0v) is 16.9. The van der Waals surface area contributed by atoms with Crippen molar-refractivity contribution in [1.29, 1.82) is 0 Å². The molecule has 0 bridgehead atoms. The Kier molecular flexibility index (Phi) is 5.33. The Labute approximate surface area is 161 Å². The highest BCUT2D eigenvalue weighted by Crippen LogP contribution is 2.40. The Balaban J connectivity index is 2.77. The van der Waals surface area contributed by atoms with Gasteiger partial charge in [0.25, 0.3) is 0 Å². The van der Waals surface area contributed by atoms with E-state index in [-0.39, 0.29) is 35.9 Å². The summed E-state index contributed by atoms with van der Waals surface area (Å²) in [6.07, 6.45) is 1.06. The van der Waals surface area contributed by atoms with E-state index < -0.39 is 5.97 Å². The first-order valence-corrected chi connectivity index (χ1v) is 9.06. The van der Waals surface area contributed by atoms with Crippen LogP contribution in [0.5, 0.6) is 0 Å². The van der Waals surface area contributed by atoms with Crippen LogP contribution in [-0.4, -0.2) is 22.9 Å². The van der Waals surface area contributed by atoms with Gasteiger partial charge < -0.3 is 10.8 Å². The van der Waals surface area contributed by atoms with E-state index in [0.29, 0.717) is 22.8 Å². The van der Waals surface area contributed by atoms with E-state index in [0.717, 1.165) is 4.90 Å². The van der Waals surface area contributed by atoms with Gasteiger partial charge in [0, 0.05) is 12.8 Å². The topological polar surface area (TPSA) is 101 Å². The van der Waals surface area contributed by atoms with Crippen LogP contribution < -0.4 is 10.6 Å². The largest absolute Gasteiger partial charge is 0.478 e. The summed E-state index contributed by atoms with van der Waals surface area (Å²) in [5.74, 6) is -1.77. The number of piperidine rings is 1. The molecule has 21 heavy (non-hydrogen) atoms. The van der Waals surface area contributed by atoms with Crippen LogP contribution in [-0.2, 0) is 9.59 Å². The van der Waals surface area contributed by atoms with Crippen LogP contribution in [0.2, 0.25) is 0 Å². The molecule has 0 aromatic heterocycles. The fourth-order valence-corrected chi connectivity index (χ4v) is 6.17. The van der Waals surface area contributed by atoms with Crippen LogP contribution in [0.4, 0.5) is 11.4 Å². The minimum Gasteiger partial charge on any atom is -0.478 e. The zero-order chi connectivity index (χ0) is 15.9. The Morgan fingerprint density at radius 1 is 1.05 bits per heavy atom. The van der Waals surface area contributed by atoms with E-state index in [4.69, 9.17) is 5.73 Å². The van der Waals surface area contributed by atoms with Gasteiger partial charge >= 0.3 is 5.97 Å². The monoisotopic (exact) mass is 626 g/mol. The molecule has 0 atom stereocenters. The molecule has 1 saturated heterocycles. The SMILES string of the molecule is Nc1c(I)c(C(=O)O)c(I)c(N2C(=O)CCCC2=O)c1I. The number of nitrogens with two attached hydrogens (primary N) is 1. The molecule has 9 heteroatoms. The fraction of sp³-hybridized carbons (Fsp3) is 0.250. The van der Waals surface area contributed by atoms with Crippen molar-refractivity contribution >= 4 is 96.9 Å². The number of hydrogen-bond donors (Lipinski definition) is 2. The van der Waals surface area contributed by atoms with Crippen molar-refractivity contribution < 1.29 is 19.5 Å². The van der Waals surface area contributed by atoms with Crippen LogP contribution in [0, 0.1) is 10.7 Å². The lowest BCUT2D eigenvalue weighted by atomic mass is 10.1. The quantitative estimate of drug-likeness (QED) is 0.299. The number of amides is 2. The minimum absolute atomic E-state index is 0.0234. The first-order chi connectivity index (χ1) is 9.77. The Morgan fingerprint density at radius 2 is 1.57 bits per heavy atom. The van der Waals surface area contributed by atoms with E-state index in [9.17, 15) is 19.5 Å². The van der Waals surface area contributed by atoms with E-state index in [1.54, 1.807) is 0 Å². The smallest absolute Gasteiger partial charge is 0.338 e. The van der Waals surface area contributed by atoms with Gasteiger partial charge in [0.2, 0.25) is 11.8 Å². The number of carbonyl (C=O) groups is 3. The third-order valence-corrected chi connectivity index (χ3v) is 6.31. The summed E-state index contributed by atoms with van der Waals surface area (Å²) >= 11 is 5.66. The number of carboxylic acid groups (broad SMARTS) is 1. The highest BCUT2D eigenvalue weighted by molar-refractivity contribution is 14.1. The molecule has 0 radical (unpaired) electrons. The van der Waals surface area contributed by atoms with Gasteiger partial charge in [-0.1, -0.05) is 0 Å². The highest BCUT2D eigenvalue weighted by atomic mass is 127. The van der Waals surface area contributed by atoms with Gasteiger partial charge in [-0.3, -0.25) is 9.59 Å². The Morgan fingerprint density at radius 3 is 2.05 bits per heavy atom. The molecule has 1 heterocycles. The number of imide groups is 1. The van der Waals surface area contributed by atoms with Gasteiger partial charge in [0.15, 0.2) is 0 Å². The molecule has 0 aliphatic carbocycles. The van der Waals surface area contributed by atoms with Crippen LogP contribution in [0.1, 0.15) is 29.6 Å². The number of nitrogens with zero attached hydrogens (tertiary/aromatic N) is 1. The van der Waals surface area contributed by atoms with E-state index in [2.05, 4.69) is 0 Å². The third-order valence-electron chi connectivity index (χ3n) is 3.05. The summed E-state index contributed by atoms with van der Waals surface area (Å²) < 4.78 is 1.29. The summed E-state index contributed by atoms with van der Waals surface area (Å²) in [6, 6.07) is 0. The zero-order valence-electron chi connectivity index (χ0n) is 10.5. The highest BCUT2D eigenvalue weighted by Gasteiger charge is 2.34. The molecule has 0 unspecified atom stereocenters. The standard InChI is InChI=1S/C12H9I3N2O4/c13-7-6(12(20)21)8(14)11(9(15)10(7)16)17-4(18)2-1-3-5(17)19/h1-3,16H2,(H,20,21). The van der Waals surface area contributed by atoms with Gasteiger partial charge in [0.1, 0.15) is 0 Å². The predicted molar refractivity (Wildman–Crippen MR) is 102 cm³/mol. The molecule has 3 N–H and O–H groups in total. The van der Waals surface area contributed by atoms with Crippen LogP contribution in [0.25, 0.3) is 0 Å². The maximum Gasteiger partial charge on any atom is 0.338 e. The molecule has 1 aromatic rings. The van der Waals surface area contributed by atoms with Crippen molar-refractivity contribution in [3.63, 3.8) is 0 Å². The average molecular weight is 626 g/mol. The summed E-state index contributed by atoms with van der Waals surface area (Å²) in [6.45, 7) is 0. The lowest BCUT2D eigenvalue weighted by Crippen LogP contribution is -2.41. The van der Waals surface area contributed by atoms with Gasteiger partial charge in [-0.2, -0.15) is 0 Å². The average Bonchev–Trinajstić information content (AvgIpc) is 2.39. The molecule has 1 aliphatic heterocycles. The van der Waals surface area contributed by atoms with Gasteiger partial charge in [-0.05, 0) is 74.2 Å². The molecular formula is C12H9I3N2O4. The van der Waals surface area contributed by atoms with Crippen LogP contribution >= 0.6 is 67.8 Å². The number of benzene rings is 1. The summed E-state index contributed by atoms with van der Waals surface area (Å²) in [5.41, 5.74) is 6.55. The number of rotatable bonds is 2. The second-order valence-electron chi connectivity index (χ2n) is 4.36. The number of halogens is 3. The second-order valence-corrected chi connectivity index (χ2v) is 7.60. The maximum atomic E-state index is 12.1. The normalized spacial score (nSPS) is 15.5. The van der Waals surface area contributed by atoms with E-state index in [1.165, 1.54) is 0 Å². The fourth-order valence-electron chi connectivity index (χ4n) is 2.06. The van der Waals surface area contributed by atoms with Crippen molar-refractivity contribution in [3.05, 3.63) is 16.3 Å². The Hall–Kier alpha value is -0.180. The number of carboxylic acids is 1. The molecule has 2 rings (SSSR count). The Bertz CT molecular complexity index is 659. The first-order valence-electron chi connectivity index (χ1n) is 5.82. The van der Waals surface area contributed by atoms with Gasteiger partial charge in [0.05, 0.1) is 27.6 Å². The predicted octanol–water partition coefficient (Wildman–Crippen LogP) is 2.82. The first kappa shape index (κ1) is 17.2. The molecule has 1 aromatic carbocycles. The summed E-state index contributed by atoms with van der Waals surface area (Å²) in [4.78, 5) is 36.7. The lowest BCUT2D eigenvalue weighted by molar-refractivity contribution is -0.129. The van der Waals surface area contributed by atoms with E-state index in [1.807, 2.05) is 67.8 Å². The summed E-state index contributed by atoms with van der Waals surface area (Å²) in [7, 11) is 0. The molecule has 1 fully saturated rings. The van der Waals surface area contributed by atoms with Gasteiger partial charge in [-0.25, -0.2) is 9.69 Å². The molecule has 0 saturated carbocycles. The van der Waals surface area contributed by atoms with Crippen molar-refractivity contribution in [2.75, 3.05) is 10.6 Å². The molecule has 0 spiro atoms. The maximum absolute atomic E-state index is 12.1. The van der Waals surface area contributed by atoms with Crippen molar-refractivity contribution in [1.82, 2.24) is 0 Å². The van der Waals surface area contributed by atoms with E-state index >= 15 is 0 Å². The third kappa shape index (κ3) is 3.00. The van der Waals surface area contributed by atoms with Crippen LogP contribution in [0.15, 0.2) is 0 Å². The minimum atomic E-state index is -1.13. The van der Waals surface area contributed by atoms with Gasteiger partial charge in [-0.15, -0.1) is 0 Å². The van der Waals surface area contributed by atoms with Crippen molar-refractivity contribution in [3.8, 4) is 0 Å².